The van der Waals surface area contributed by atoms with Crippen molar-refractivity contribution in [2.24, 2.45) is 11.8 Å². The van der Waals surface area contributed by atoms with E-state index in [2.05, 4.69) is 30.4 Å². The van der Waals surface area contributed by atoms with Gasteiger partial charge in [0.15, 0.2) is 0 Å². The van der Waals surface area contributed by atoms with Gasteiger partial charge in [-0.15, -0.1) is 0 Å². The molecule has 0 spiro atoms. The molecule has 92 valence electrons. The van der Waals surface area contributed by atoms with Gasteiger partial charge in [-0.2, -0.15) is 0 Å². The summed E-state index contributed by atoms with van der Waals surface area (Å²) in [6.07, 6.45) is 4.06. The molecule has 1 aromatic carbocycles. The summed E-state index contributed by atoms with van der Waals surface area (Å²) in [7, 11) is 0. The van der Waals surface area contributed by atoms with E-state index in [-0.39, 0.29) is 0 Å². The highest BCUT2D eigenvalue weighted by Gasteiger charge is 2.21. The van der Waals surface area contributed by atoms with Crippen LogP contribution in [0.4, 0.5) is 0 Å². The van der Waals surface area contributed by atoms with Gasteiger partial charge < -0.3 is 10.1 Å². The van der Waals surface area contributed by atoms with Crippen molar-refractivity contribution in [3.05, 3.63) is 29.3 Å². The first-order chi connectivity index (χ1) is 8.31. The molecule has 1 N–H and O–H groups in total. The molecule has 17 heavy (non-hydrogen) atoms. The molecule has 1 aromatic rings. The number of rotatable bonds is 3. The quantitative estimate of drug-likeness (QED) is 0.863. The van der Waals surface area contributed by atoms with Crippen molar-refractivity contribution in [2.45, 2.75) is 39.3 Å². The minimum Gasteiger partial charge on any atom is -0.493 e. The second-order valence-electron chi connectivity index (χ2n) is 5.63. The minimum absolute atomic E-state index is 0.774. The average Bonchev–Trinajstić information content (AvgIpc) is 2.94. The third-order valence-electron chi connectivity index (χ3n) is 4.10. The van der Waals surface area contributed by atoms with E-state index in [4.69, 9.17) is 4.74 Å². The molecule has 1 saturated carbocycles. The SMILES string of the molecule is CC1CCC(COc2ccc3c(c2)CNC3)C1. The number of ether oxygens (including phenoxy) is 1. The number of hydrogen-bond acceptors (Lipinski definition) is 2. The van der Waals surface area contributed by atoms with Crippen LogP contribution in [-0.4, -0.2) is 6.61 Å². The molecular formula is C15H21NO. The van der Waals surface area contributed by atoms with E-state index in [9.17, 15) is 0 Å². The van der Waals surface area contributed by atoms with Gasteiger partial charge in [0, 0.05) is 13.1 Å². The van der Waals surface area contributed by atoms with Crippen LogP contribution in [0.1, 0.15) is 37.3 Å². The summed E-state index contributed by atoms with van der Waals surface area (Å²) in [5.74, 6) is 2.72. The summed E-state index contributed by atoms with van der Waals surface area (Å²) in [6, 6.07) is 6.51. The lowest BCUT2D eigenvalue weighted by Crippen LogP contribution is -2.08. The van der Waals surface area contributed by atoms with Crippen LogP contribution >= 0.6 is 0 Å². The Kier molecular flexibility index (Phi) is 3.06. The molecule has 2 nitrogen and oxygen atoms in total. The van der Waals surface area contributed by atoms with Crippen LogP contribution in [0.25, 0.3) is 0 Å². The van der Waals surface area contributed by atoms with Gasteiger partial charge in [-0.05, 0) is 47.9 Å². The monoisotopic (exact) mass is 231 g/mol. The van der Waals surface area contributed by atoms with E-state index < -0.39 is 0 Å². The molecular weight excluding hydrogens is 210 g/mol. The average molecular weight is 231 g/mol. The molecule has 1 aliphatic carbocycles. The van der Waals surface area contributed by atoms with E-state index in [1.807, 2.05) is 0 Å². The van der Waals surface area contributed by atoms with E-state index in [1.165, 1.54) is 30.4 Å². The highest BCUT2D eigenvalue weighted by Crippen LogP contribution is 2.31. The molecule has 1 fully saturated rings. The molecule has 0 aromatic heterocycles. The fourth-order valence-corrected chi connectivity index (χ4v) is 3.05. The smallest absolute Gasteiger partial charge is 0.119 e. The zero-order valence-corrected chi connectivity index (χ0v) is 10.5. The van der Waals surface area contributed by atoms with Crippen LogP contribution in [0.15, 0.2) is 18.2 Å². The number of nitrogens with one attached hydrogen (secondary N) is 1. The first-order valence-corrected chi connectivity index (χ1v) is 6.76. The summed E-state index contributed by atoms with van der Waals surface area (Å²) in [5.41, 5.74) is 2.83. The van der Waals surface area contributed by atoms with E-state index in [1.54, 1.807) is 0 Å². The zero-order valence-electron chi connectivity index (χ0n) is 10.5. The Morgan fingerprint density at radius 3 is 2.94 bits per heavy atom. The minimum atomic E-state index is 0.774. The molecule has 0 bridgehead atoms. The molecule has 2 aliphatic rings. The number of hydrogen-bond donors (Lipinski definition) is 1. The van der Waals surface area contributed by atoms with Crippen molar-refractivity contribution < 1.29 is 4.74 Å². The van der Waals surface area contributed by atoms with Crippen LogP contribution in [0.5, 0.6) is 5.75 Å². The predicted molar refractivity (Wildman–Crippen MR) is 69.0 cm³/mol. The second-order valence-corrected chi connectivity index (χ2v) is 5.63. The summed E-state index contributed by atoms with van der Waals surface area (Å²) in [4.78, 5) is 0. The van der Waals surface area contributed by atoms with Crippen LogP contribution in [0.2, 0.25) is 0 Å². The lowest BCUT2D eigenvalue weighted by Gasteiger charge is -2.12. The molecule has 2 atom stereocenters. The summed E-state index contributed by atoms with van der Waals surface area (Å²) < 4.78 is 5.94. The van der Waals surface area contributed by atoms with Gasteiger partial charge >= 0.3 is 0 Å². The van der Waals surface area contributed by atoms with Crippen molar-refractivity contribution >= 4 is 0 Å². The maximum Gasteiger partial charge on any atom is 0.119 e. The van der Waals surface area contributed by atoms with Crippen molar-refractivity contribution in [1.82, 2.24) is 5.32 Å². The first-order valence-electron chi connectivity index (χ1n) is 6.76. The van der Waals surface area contributed by atoms with Crippen LogP contribution in [-0.2, 0) is 13.1 Å². The van der Waals surface area contributed by atoms with Crippen LogP contribution in [0.3, 0.4) is 0 Å². The highest BCUT2D eigenvalue weighted by molar-refractivity contribution is 5.37. The molecule has 1 aliphatic heterocycles. The predicted octanol–water partition coefficient (Wildman–Crippen LogP) is 3.10. The third kappa shape index (κ3) is 2.47. The van der Waals surface area contributed by atoms with E-state index in [0.717, 1.165) is 37.3 Å². The number of benzene rings is 1. The Morgan fingerprint density at radius 1 is 1.24 bits per heavy atom. The van der Waals surface area contributed by atoms with Crippen molar-refractivity contribution in [3.63, 3.8) is 0 Å². The normalized spacial score (nSPS) is 27.1. The Hall–Kier alpha value is -1.02. The van der Waals surface area contributed by atoms with E-state index >= 15 is 0 Å². The fourth-order valence-electron chi connectivity index (χ4n) is 3.05. The maximum absolute atomic E-state index is 5.94. The molecule has 2 heteroatoms. The lowest BCUT2D eigenvalue weighted by molar-refractivity contribution is 0.249. The molecule has 0 radical (unpaired) electrons. The lowest BCUT2D eigenvalue weighted by atomic mass is 10.1. The van der Waals surface area contributed by atoms with Gasteiger partial charge in [0.1, 0.15) is 5.75 Å². The van der Waals surface area contributed by atoms with Gasteiger partial charge in [-0.3, -0.25) is 0 Å². The first kappa shape index (κ1) is 11.1. The Labute approximate surface area is 103 Å². The molecule has 1 heterocycles. The summed E-state index contributed by atoms with van der Waals surface area (Å²) in [6.45, 7) is 5.25. The van der Waals surface area contributed by atoms with Gasteiger partial charge in [0.2, 0.25) is 0 Å². The molecule has 0 amide bonds. The Balaban J connectivity index is 1.58. The zero-order chi connectivity index (χ0) is 11.7. The Bertz CT molecular complexity index is 402. The highest BCUT2D eigenvalue weighted by atomic mass is 16.5. The molecule has 2 unspecified atom stereocenters. The molecule has 3 rings (SSSR count). The van der Waals surface area contributed by atoms with E-state index in [0.29, 0.717) is 0 Å². The van der Waals surface area contributed by atoms with Crippen molar-refractivity contribution in [2.75, 3.05) is 6.61 Å². The van der Waals surface area contributed by atoms with Crippen molar-refractivity contribution in [3.8, 4) is 5.75 Å². The summed E-state index contributed by atoms with van der Waals surface area (Å²) in [5, 5.41) is 3.36. The standard InChI is InChI=1S/C15H21NO/c1-11-2-3-12(6-11)10-17-15-5-4-13-8-16-9-14(13)7-15/h4-5,7,11-12,16H,2-3,6,8-10H2,1H3. The van der Waals surface area contributed by atoms with Crippen LogP contribution < -0.4 is 10.1 Å². The van der Waals surface area contributed by atoms with Crippen molar-refractivity contribution in [1.29, 1.82) is 0 Å². The van der Waals surface area contributed by atoms with Gasteiger partial charge in [0.05, 0.1) is 6.61 Å². The van der Waals surface area contributed by atoms with Crippen LogP contribution in [0, 0.1) is 11.8 Å². The summed E-state index contributed by atoms with van der Waals surface area (Å²) >= 11 is 0. The topological polar surface area (TPSA) is 21.3 Å². The number of fused-ring (bicyclic) bond motifs is 1. The largest absolute Gasteiger partial charge is 0.493 e. The van der Waals surface area contributed by atoms with Gasteiger partial charge in [-0.25, -0.2) is 0 Å². The molecule has 0 saturated heterocycles. The second kappa shape index (κ2) is 4.69. The van der Waals surface area contributed by atoms with Gasteiger partial charge in [0.25, 0.3) is 0 Å². The third-order valence-corrected chi connectivity index (χ3v) is 4.10. The fraction of sp³-hybridized carbons (Fsp3) is 0.600. The maximum atomic E-state index is 5.94. The van der Waals surface area contributed by atoms with Gasteiger partial charge in [-0.1, -0.05) is 19.4 Å². The Morgan fingerprint density at radius 2 is 2.12 bits per heavy atom.